The van der Waals surface area contributed by atoms with Crippen molar-refractivity contribution >= 4 is 20.2 Å². The number of allylic oxidation sites excluding steroid dienone is 6. The van der Waals surface area contributed by atoms with Crippen LogP contribution in [0.5, 0.6) is 0 Å². The van der Waals surface area contributed by atoms with Gasteiger partial charge < -0.3 is 0 Å². The fraction of sp³-hybridized carbons (Fsp3) is 0.286. The summed E-state index contributed by atoms with van der Waals surface area (Å²) in [5.74, 6) is 0. The van der Waals surface area contributed by atoms with Crippen molar-refractivity contribution in [3.05, 3.63) is 58.1 Å². The largest absolute Gasteiger partial charge is 0.358 e. The second kappa shape index (κ2) is 7.55. The quantitative estimate of drug-likeness (QED) is 0.474. The average molecular weight is 374 g/mol. The third-order valence-electron chi connectivity index (χ3n) is 2.99. The highest BCUT2D eigenvalue weighted by molar-refractivity contribution is 7.91. The van der Waals surface area contributed by atoms with Crippen molar-refractivity contribution in [3.8, 4) is 0 Å². The highest BCUT2D eigenvalue weighted by atomic mass is 32.2. The monoisotopic (exact) mass is 374 g/mol. The van der Waals surface area contributed by atoms with E-state index in [2.05, 4.69) is 19.5 Å². The standard InChI is InChI=1S/C14H18N2O6S2/c1-3-15-21-23(17,18)13-7-5-12-10-14(8-6-11(12)9-13)24(19,20)22-16-4-2/h5-10,15-16H,3-4H2,1-2H3/q+2. The first-order valence-electron chi connectivity index (χ1n) is 7.16. The van der Waals surface area contributed by atoms with Crippen molar-refractivity contribution in [2.24, 2.45) is 0 Å². The molecule has 0 fully saturated rings. The van der Waals surface area contributed by atoms with Crippen LogP contribution in [0.4, 0.5) is 0 Å². The molecular weight excluding hydrogens is 356 g/mol. The summed E-state index contributed by atoms with van der Waals surface area (Å²) in [4.78, 5) is -0.0640. The number of rotatable bonds is 8. The Labute approximate surface area is 142 Å². The van der Waals surface area contributed by atoms with Crippen LogP contribution >= 0.6 is 0 Å². The van der Waals surface area contributed by atoms with E-state index in [1.807, 2.05) is 0 Å². The number of hydrogen-bond acceptors (Lipinski definition) is 8. The summed E-state index contributed by atoms with van der Waals surface area (Å²) in [6, 6.07) is 0. The molecule has 2 N–H and O–H groups in total. The van der Waals surface area contributed by atoms with E-state index < -0.39 is 20.2 Å². The Morgan fingerprint density at radius 1 is 0.833 bits per heavy atom. The Bertz CT molecular complexity index is 749. The van der Waals surface area contributed by atoms with Crippen LogP contribution in [0.2, 0.25) is 0 Å². The van der Waals surface area contributed by atoms with Crippen LogP contribution in [0, 0.1) is 12.8 Å². The Balaban J connectivity index is 2.18. The molecule has 0 aromatic rings. The molecule has 2 rings (SSSR count). The summed E-state index contributed by atoms with van der Waals surface area (Å²) in [6.07, 6.45) is 8.51. The van der Waals surface area contributed by atoms with E-state index in [1.165, 1.54) is 37.1 Å². The summed E-state index contributed by atoms with van der Waals surface area (Å²) >= 11 is 0. The molecule has 0 saturated heterocycles. The zero-order chi connectivity index (χ0) is 17.8. The summed E-state index contributed by atoms with van der Waals surface area (Å²) in [6.45, 7) is 4.07. The normalized spacial score (nSPS) is 17.6. The van der Waals surface area contributed by atoms with Crippen molar-refractivity contribution in [2.45, 2.75) is 13.8 Å². The Morgan fingerprint density at radius 3 is 1.54 bits per heavy atom. The van der Waals surface area contributed by atoms with E-state index in [9.17, 15) is 16.8 Å². The summed E-state index contributed by atoms with van der Waals surface area (Å²) in [5, 5.41) is 0. The lowest BCUT2D eigenvalue weighted by molar-refractivity contribution is 0.213. The van der Waals surface area contributed by atoms with Crippen LogP contribution in [0.25, 0.3) is 0 Å². The minimum Gasteiger partial charge on any atom is -0.184 e. The minimum atomic E-state index is -3.93. The Kier molecular flexibility index (Phi) is 5.91. The van der Waals surface area contributed by atoms with E-state index in [0.29, 0.717) is 24.2 Å². The predicted molar refractivity (Wildman–Crippen MR) is 88.3 cm³/mol. The Hall–Kier alpha value is -1.56. The molecule has 0 aliphatic heterocycles. The molecule has 0 heterocycles. The van der Waals surface area contributed by atoms with Gasteiger partial charge in [-0.1, -0.05) is 13.8 Å². The molecule has 0 saturated carbocycles. The molecule has 8 nitrogen and oxygen atoms in total. The van der Waals surface area contributed by atoms with Gasteiger partial charge in [-0.3, -0.25) is 0 Å². The topological polar surface area (TPSA) is 111 Å². The van der Waals surface area contributed by atoms with E-state index in [-0.39, 0.29) is 9.81 Å². The fourth-order valence-corrected chi connectivity index (χ4v) is 3.63. The van der Waals surface area contributed by atoms with Gasteiger partial charge in [0, 0.05) is 13.1 Å². The van der Waals surface area contributed by atoms with Crippen LogP contribution in [0.3, 0.4) is 0 Å². The zero-order valence-electron chi connectivity index (χ0n) is 13.1. The van der Waals surface area contributed by atoms with E-state index >= 15 is 0 Å². The van der Waals surface area contributed by atoms with Crippen LogP contribution in [-0.2, 0) is 28.8 Å². The fourth-order valence-electron chi connectivity index (χ4n) is 1.88. The Morgan fingerprint density at radius 2 is 1.21 bits per heavy atom. The second-order valence-electron chi connectivity index (χ2n) is 4.74. The molecule has 10 heteroatoms. The summed E-state index contributed by atoms with van der Waals surface area (Å²) in [5.41, 5.74) is 5.69. The maximum atomic E-state index is 12.0. The molecule has 0 bridgehead atoms. The molecule has 130 valence electrons. The first kappa shape index (κ1) is 18.8. The van der Waals surface area contributed by atoms with Gasteiger partial charge in [-0.25, -0.2) is 0 Å². The van der Waals surface area contributed by atoms with Gasteiger partial charge in [-0.15, -0.1) is 0 Å². The maximum absolute atomic E-state index is 12.0. The molecule has 0 spiro atoms. The SMILES string of the molecule is CCNOS(=O)(=O)C1=C[CH+]C2=CC(S(=O)(=O)ONCC)=C[CH+]C2=C1. The maximum Gasteiger partial charge on any atom is 0.358 e. The van der Waals surface area contributed by atoms with Gasteiger partial charge in [0.25, 0.3) is 0 Å². The number of hydroxylamine groups is 2. The zero-order valence-corrected chi connectivity index (χ0v) is 14.8. The molecule has 0 amide bonds. The predicted octanol–water partition coefficient (Wildman–Crippen LogP) is 0.785. The number of fused-ring (bicyclic) bond motifs is 1. The van der Waals surface area contributed by atoms with Crippen molar-refractivity contribution < 1.29 is 25.4 Å². The summed E-state index contributed by atoms with van der Waals surface area (Å²) < 4.78 is 57.1. The van der Waals surface area contributed by atoms with Gasteiger partial charge in [0.05, 0.1) is 25.0 Å². The third kappa shape index (κ3) is 4.29. The van der Waals surface area contributed by atoms with Crippen molar-refractivity contribution in [2.75, 3.05) is 13.1 Å². The van der Waals surface area contributed by atoms with Gasteiger partial charge in [-0.05, 0) is 0 Å². The van der Waals surface area contributed by atoms with E-state index in [0.717, 1.165) is 0 Å². The second-order valence-corrected chi connectivity index (χ2v) is 7.83. The third-order valence-corrected chi connectivity index (χ3v) is 5.32. The molecule has 2 aliphatic carbocycles. The lowest BCUT2D eigenvalue weighted by Crippen LogP contribution is -2.22. The lowest BCUT2D eigenvalue weighted by Gasteiger charge is -2.08. The van der Waals surface area contributed by atoms with Crippen LogP contribution in [0.1, 0.15) is 13.8 Å². The number of hydrogen-bond donors (Lipinski definition) is 2. The molecule has 0 atom stereocenters. The smallest absolute Gasteiger partial charge is 0.184 e. The highest BCUT2D eigenvalue weighted by Crippen LogP contribution is 2.33. The van der Waals surface area contributed by atoms with Crippen molar-refractivity contribution in [1.29, 1.82) is 0 Å². The van der Waals surface area contributed by atoms with Gasteiger partial charge in [0.15, 0.2) is 11.1 Å². The van der Waals surface area contributed by atoms with E-state index in [4.69, 9.17) is 0 Å². The molecule has 2 aliphatic rings. The van der Waals surface area contributed by atoms with Gasteiger partial charge >= 0.3 is 20.2 Å². The highest BCUT2D eigenvalue weighted by Gasteiger charge is 2.38. The van der Waals surface area contributed by atoms with Crippen LogP contribution < -0.4 is 11.0 Å². The van der Waals surface area contributed by atoms with Crippen molar-refractivity contribution in [3.63, 3.8) is 0 Å². The van der Waals surface area contributed by atoms with Crippen molar-refractivity contribution in [1.82, 2.24) is 11.0 Å². The number of nitrogens with one attached hydrogen (secondary N) is 2. The molecule has 0 aromatic heterocycles. The molecule has 0 unspecified atom stereocenters. The summed E-state index contributed by atoms with van der Waals surface area (Å²) in [7, 11) is -7.86. The first-order valence-corrected chi connectivity index (χ1v) is 9.98. The van der Waals surface area contributed by atoms with Gasteiger partial charge in [-0.2, -0.15) is 36.4 Å². The van der Waals surface area contributed by atoms with Gasteiger partial charge in [0.2, 0.25) is 9.81 Å². The molecular formula is C14H18N2O6S2+2. The molecule has 24 heavy (non-hydrogen) atoms. The lowest BCUT2D eigenvalue weighted by atomic mass is 9.92. The van der Waals surface area contributed by atoms with E-state index in [1.54, 1.807) is 13.8 Å². The minimum absolute atomic E-state index is 0.0320. The molecule has 0 radical (unpaired) electrons. The first-order chi connectivity index (χ1) is 11.3. The van der Waals surface area contributed by atoms with Crippen LogP contribution in [-0.4, -0.2) is 29.9 Å². The average Bonchev–Trinajstić information content (AvgIpc) is 2.57. The van der Waals surface area contributed by atoms with Gasteiger partial charge in [0.1, 0.15) is 12.2 Å². The molecule has 0 aromatic carbocycles. The van der Waals surface area contributed by atoms with Crippen LogP contribution in [0.15, 0.2) is 45.3 Å².